The molecule has 3 aromatic rings. The summed E-state index contributed by atoms with van der Waals surface area (Å²) >= 11 is 0. The molecule has 7 heteroatoms. The van der Waals surface area contributed by atoms with Crippen LogP contribution in [0.4, 0.5) is 6.01 Å². The highest BCUT2D eigenvalue weighted by atomic mass is 16.4. The largest absolute Gasteiger partial charge is 0.408 e. The van der Waals surface area contributed by atoms with E-state index in [1.54, 1.807) is 0 Å². The summed E-state index contributed by atoms with van der Waals surface area (Å²) in [5.74, 6) is 1.19. The minimum Gasteiger partial charge on any atom is -0.408 e. The molecule has 1 saturated carbocycles. The molecule has 0 spiro atoms. The molecule has 0 radical (unpaired) electrons. The predicted molar refractivity (Wildman–Crippen MR) is 79.7 cm³/mol. The third-order valence-electron chi connectivity index (χ3n) is 3.77. The van der Waals surface area contributed by atoms with Gasteiger partial charge in [-0.3, -0.25) is 0 Å². The van der Waals surface area contributed by atoms with Gasteiger partial charge in [-0.05, 0) is 31.9 Å². The third-order valence-corrected chi connectivity index (χ3v) is 3.77. The van der Waals surface area contributed by atoms with Crippen LogP contribution in [0.5, 0.6) is 0 Å². The van der Waals surface area contributed by atoms with Crippen molar-refractivity contribution in [3.8, 4) is 5.69 Å². The molecule has 1 aliphatic rings. The fourth-order valence-corrected chi connectivity index (χ4v) is 2.30. The fourth-order valence-electron chi connectivity index (χ4n) is 2.30. The lowest BCUT2D eigenvalue weighted by Crippen LogP contribution is -2.03. The highest BCUT2D eigenvalue weighted by Crippen LogP contribution is 2.39. The molecule has 4 rings (SSSR count). The number of nitrogens with one attached hydrogen (secondary N) is 1. The molecular weight excluding hydrogens is 280 g/mol. The molecule has 0 unspecified atom stereocenters. The van der Waals surface area contributed by atoms with Crippen LogP contribution in [0.1, 0.15) is 36.0 Å². The van der Waals surface area contributed by atoms with Crippen molar-refractivity contribution in [2.24, 2.45) is 0 Å². The SMILES string of the molecule is Cc1c(CNc2nnc(C3CC3)o2)nnn1-c1ccccc1. The van der Waals surface area contributed by atoms with Crippen molar-refractivity contribution >= 4 is 6.01 Å². The quantitative estimate of drug-likeness (QED) is 0.778. The van der Waals surface area contributed by atoms with E-state index in [1.807, 2.05) is 41.9 Å². The van der Waals surface area contributed by atoms with Crippen LogP contribution in [0.3, 0.4) is 0 Å². The van der Waals surface area contributed by atoms with Crippen LogP contribution in [0, 0.1) is 6.92 Å². The van der Waals surface area contributed by atoms with Crippen molar-refractivity contribution in [1.29, 1.82) is 0 Å². The predicted octanol–water partition coefficient (Wildman–Crippen LogP) is 2.45. The van der Waals surface area contributed by atoms with Crippen LogP contribution >= 0.6 is 0 Å². The van der Waals surface area contributed by atoms with Gasteiger partial charge in [0, 0.05) is 5.92 Å². The van der Waals surface area contributed by atoms with E-state index in [2.05, 4.69) is 25.8 Å². The Balaban J connectivity index is 1.47. The van der Waals surface area contributed by atoms with E-state index in [0.29, 0.717) is 18.5 Å². The van der Waals surface area contributed by atoms with Crippen LogP contribution < -0.4 is 5.32 Å². The van der Waals surface area contributed by atoms with Crippen LogP contribution in [0.25, 0.3) is 5.69 Å². The monoisotopic (exact) mass is 296 g/mol. The Morgan fingerprint density at radius 1 is 1.18 bits per heavy atom. The van der Waals surface area contributed by atoms with Gasteiger partial charge >= 0.3 is 6.01 Å². The molecular formula is C15H16N6O. The van der Waals surface area contributed by atoms with Crippen molar-refractivity contribution in [3.05, 3.63) is 47.6 Å². The highest BCUT2D eigenvalue weighted by Gasteiger charge is 2.29. The van der Waals surface area contributed by atoms with Crippen LogP contribution in [-0.2, 0) is 6.54 Å². The summed E-state index contributed by atoms with van der Waals surface area (Å²) in [6, 6.07) is 10.4. The first-order valence-electron chi connectivity index (χ1n) is 7.35. The number of rotatable bonds is 5. The molecule has 0 saturated heterocycles. The normalized spacial score (nSPS) is 14.2. The van der Waals surface area contributed by atoms with E-state index >= 15 is 0 Å². The van der Waals surface area contributed by atoms with Crippen LogP contribution in [-0.4, -0.2) is 25.2 Å². The second kappa shape index (κ2) is 5.25. The molecule has 2 heterocycles. The van der Waals surface area contributed by atoms with E-state index < -0.39 is 0 Å². The fraction of sp³-hybridized carbons (Fsp3) is 0.333. The zero-order valence-corrected chi connectivity index (χ0v) is 12.2. The first kappa shape index (κ1) is 13.0. The Hall–Kier alpha value is -2.70. The topological polar surface area (TPSA) is 81.7 Å². The molecule has 0 bridgehead atoms. The van der Waals surface area contributed by atoms with Crippen LogP contribution in [0.2, 0.25) is 0 Å². The molecule has 1 aromatic carbocycles. The van der Waals surface area contributed by atoms with Gasteiger partial charge in [-0.25, -0.2) is 4.68 Å². The molecule has 0 aliphatic heterocycles. The van der Waals surface area contributed by atoms with Crippen molar-refractivity contribution < 1.29 is 4.42 Å². The van der Waals surface area contributed by atoms with E-state index in [-0.39, 0.29) is 0 Å². The van der Waals surface area contributed by atoms with Gasteiger partial charge in [0.05, 0.1) is 17.9 Å². The van der Waals surface area contributed by atoms with Gasteiger partial charge in [-0.15, -0.1) is 10.2 Å². The summed E-state index contributed by atoms with van der Waals surface area (Å²) in [4.78, 5) is 0. The maximum atomic E-state index is 5.57. The molecule has 0 amide bonds. The maximum Gasteiger partial charge on any atom is 0.315 e. The highest BCUT2D eigenvalue weighted by molar-refractivity contribution is 5.33. The standard InChI is InChI=1S/C15H16N6O/c1-10-13(17-20-21(10)12-5-3-2-4-6-12)9-16-15-19-18-14(22-15)11-7-8-11/h2-6,11H,7-9H2,1H3,(H,16,19). The van der Waals surface area contributed by atoms with Gasteiger partial charge in [0.25, 0.3) is 0 Å². The lowest BCUT2D eigenvalue weighted by Gasteiger charge is -2.03. The Morgan fingerprint density at radius 2 is 2.00 bits per heavy atom. The summed E-state index contributed by atoms with van der Waals surface area (Å²) in [6.45, 7) is 2.50. The molecule has 1 fully saturated rings. The molecule has 2 aromatic heterocycles. The average Bonchev–Trinajstić information content (AvgIpc) is 3.18. The van der Waals surface area contributed by atoms with E-state index in [0.717, 1.165) is 35.8 Å². The van der Waals surface area contributed by atoms with Crippen LogP contribution in [0.15, 0.2) is 34.7 Å². The van der Waals surface area contributed by atoms with E-state index in [4.69, 9.17) is 4.42 Å². The Bertz CT molecular complexity index is 774. The number of aromatic nitrogens is 5. The summed E-state index contributed by atoms with van der Waals surface area (Å²) in [7, 11) is 0. The summed E-state index contributed by atoms with van der Waals surface area (Å²) in [5, 5.41) is 19.6. The summed E-state index contributed by atoms with van der Waals surface area (Å²) < 4.78 is 7.39. The molecule has 22 heavy (non-hydrogen) atoms. The number of nitrogens with zero attached hydrogens (tertiary/aromatic N) is 5. The second-order valence-corrected chi connectivity index (χ2v) is 5.44. The average molecular weight is 296 g/mol. The maximum absolute atomic E-state index is 5.57. The number of benzene rings is 1. The third kappa shape index (κ3) is 2.45. The van der Waals surface area contributed by atoms with Crippen molar-refractivity contribution in [1.82, 2.24) is 25.2 Å². The number of hydrogen-bond donors (Lipinski definition) is 1. The molecule has 7 nitrogen and oxygen atoms in total. The minimum atomic E-state index is 0.440. The van der Waals surface area contributed by atoms with E-state index in [1.165, 1.54) is 0 Å². The first-order chi connectivity index (χ1) is 10.8. The first-order valence-corrected chi connectivity index (χ1v) is 7.35. The number of para-hydroxylation sites is 1. The van der Waals surface area contributed by atoms with Crippen molar-refractivity contribution in [3.63, 3.8) is 0 Å². The van der Waals surface area contributed by atoms with Crippen molar-refractivity contribution in [2.45, 2.75) is 32.2 Å². The van der Waals surface area contributed by atoms with E-state index in [9.17, 15) is 0 Å². The zero-order chi connectivity index (χ0) is 14.9. The van der Waals surface area contributed by atoms with Crippen molar-refractivity contribution in [2.75, 3.05) is 5.32 Å². The van der Waals surface area contributed by atoms with Gasteiger partial charge in [0.2, 0.25) is 5.89 Å². The van der Waals surface area contributed by atoms with Gasteiger partial charge in [-0.1, -0.05) is 28.5 Å². The zero-order valence-electron chi connectivity index (χ0n) is 12.2. The summed E-state index contributed by atoms with van der Waals surface area (Å²) in [6.07, 6.45) is 2.29. The summed E-state index contributed by atoms with van der Waals surface area (Å²) in [5.41, 5.74) is 2.84. The lowest BCUT2D eigenvalue weighted by atomic mass is 10.3. The Labute approximate surface area is 127 Å². The van der Waals surface area contributed by atoms with Gasteiger partial charge in [0.15, 0.2) is 0 Å². The minimum absolute atomic E-state index is 0.440. The molecule has 112 valence electrons. The Kier molecular flexibility index (Phi) is 3.10. The molecule has 0 atom stereocenters. The number of hydrogen-bond acceptors (Lipinski definition) is 6. The van der Waals surface area contributed by atoms with Gasteiger partial charge in [0.1, 0.15) is 5.69 Å². The van der Waals surface area contributed by atoms with Gasteiger partial charge in [-0.2, -0.15) is 0 Å². The smallest absolute Gasteiger partial charge is 0.315 e. The second-order valence-electron chi connectivity index (χ2n) is 5.44. The molecule has 1 N–H and O–H groups in total. The lowest BCUT2D eigenvalue weighted by molar-refractivity contribution is 0.506. The Morgan fingerprint density at radius 3 is 2.77 bits per heavy atom. The molecule has 1 aliphatic carbocycles. The number of anilines is 1. The van der Waals surface area contributed by atoms with Gasteiger partial charge < -0.3 is 9.73 Å².